The van der Waals surface area contributed by atoms with Crippen LogP contribution in [0.3, 0.4) is 0 Å². The summed E-state index contributed by atoms with van der Waals surface area (Å²) in [4.78, 5) is 10.4. The van der Waals surface area contributed by atoms with E-state index in [9.17, 15) is 10.1 Å². The molecule has 1 aromatic heterocycles. The zero-order valence-electron chi connectivity index (χ0n) is 8.66. The fourth-order valence-electron chi connectivity index (χ4n) is 1.23. The lowest BCUT2D eigenvalue weighted by Crippen LogP contribution is -2.01. The molecule has 8 heteroatoms. The summed E-state index contributed by atoms with van der Waals surface area (Å²) < 4.78 is 0.697. The van der Waals surface area contributed by atoms with Crippen molar-refractivity contribution < 1.29 is 4.92 Å². The number of aromatic nitrogens is 4. The lowest BCUT2D eigenvalue weighted by atomic mass is 10.2. The molecule has 2 rings (SSSR count). The Balaban J connectivity index is 2.60. The van der Waals surface area contributed by atoms with E-state index in [0.717, 1.165) is 0 Å². The molecule has 86 valence electrons. The lowest BCUT2D eigenvalue weighted by Gasteiger charge is -2.01. The molecule has 0 saturated carbocycles. The van der Waals surface area contributed by atoms with Gasteiger partial charge in [0.05, 0.1) is 4.92 Å². The van der Waals surface area contributed by atoms with E-state index in [1.807, 2.05) is 0 Å². The van der Waals surface area contributed by atoms with Gasteiger partial charge in [-0.3, -0.25) is 10.1 Å². The van der Waals surface area contributed by atoms with E-state index < -0.39 is 4.92 Å². The number of benzene rings is 1. The van der Waals surface area contributed by atoms with E-state index in [-0.39, 0.29) is 17.1 Å². The molecule has 0 radical (unpaired) electrons. The van der Waals surface area contributed by atoms with Gasteiger partial charge in [-0.2, -0.15) is 0 Å². The Labute approximate surface area is 104 Å². The van der Waals surface area contributed by atoms with Crippen LogP contribution in [0.1, 0.15) is 5.82 Å². The average molecular weight is 296 g/mol. The van der Waals surface area contributed by atoms with Gasteiger partial charge in [-0.1, -0.05) is 15.9 Å². The lowest BCUT2D eigenvalue weighted by molar-refractivity contribution is -0.384. The first kappa shape index (κ1) is 11.5. The Kier molecular flexibility index (Phi) is 3.05. The highest BCUT2D eigenvalue weighted by Crippen LogP contribution is 2.29. The molecule has 0 atom stereocenters. The fraction of sp³-hybridized carbons (Fsp3) is 0.111. The smallest absolute Gasteiger partial charge is 0.258 e. The third kappa shape index (κ3) is 2.41. The number of nitro groups is 1. The van der Waals surface area contributed by atoms with E-state index in [0.29, 0.717) is 10.3 Å². The van der Waals surface area contributed by atoms with Crippen molar-refractivity contribution in [3.05, 3.63) is 38.6 Å². The third-order valence-electron chi connectivity index (χ3n) is 1.98. The maximum absolute atomic E-state index is 10.9. The largest absolute Gasteiger partial charge is 0.280 e. The normalized spacial score (nSPS) is 10.2. The first-order valence-corrected chi connectivity index (χ1v) is 5.35. The molecule has 1 aromatic carbocycles. The Bertz CT molecular complexity index is 572. The molecule has 0 aliphatic rings. The van der Waals surface area contributed by atoms with Crippen LogP contribution in [0.2, 0.25) is 0 Å². The van der Waals surface area contributed by atoms with E-state index in [2.05, 4.69) is 36.3 Å². The Morgan fingerprint density at radius 1 is 1.24 bits per heavy atom. The predicted molar refractivity (Wildman–Crippen MR) is 62.1 cm³/mol. The van der Waals surface area contributed by atoms with E-state index in [1.54, 1.807) is 19.1 Å². The molecule has 7 nitrogen and oxygen atoms in total. The van der Waals surface area contributed by atoms with Crippen LogP contribution in [0, 0.1) is 17.0 Å². The van der Waals surface area contributed by atoms with Crippen LogP contribution in [0.25, 0.3) is 11.4 Å². The minimum atomic E-state index is -0.495. The molecular weight excluding hydrogens is 290 g/mol. The van der Waals surface area contributed by atoms with Crippen LogP contribution in [0.4, 0.5) is 5.69 Å². The minimum absolute atomic E-state index is 0.0827. The van der Waals surface area contributed by atoms with Gasteiger partial charge in [0.1, 0.15) is 5.56 Å². The van der Waals surface area contributed by atoms with Crippen LogP contribution in [-0.2, 0) is 0 Å². The summed E-state index contributed by atoms with van der Waals surface area (Å²) in [5.41, 5.74) is 0.199. The molecule has 17 heavy (non-hydrogen) atoms. The second kappa shape index (κ2) is 4.50. The van der Waals surface area contributed by atoms with Crippen LogP contribution in [0.5, 0.6) is 0 Å². The van der Waals surface area contributed by atoms with Gasteiger partial charge >= 0.3 is 0 Å². The van der Waals surface area contributed by atoms with Gasteiger partial charge in [0.15, 0.2) is 5.82 Å². The second-order valence-corrected chi connectivity index (χ2v) is 4.11. The van der Waals surface area contributed by atoms with Crippen molar-refractivity contribution in [2.45, 2.75) is 6.92 Å². The summed E-state index contributed by atoms with van der Waals surface area (Å²) in [5, 5.41) is 25.9. The molecular formula is C9H6BrN5O2. The van der Waals surface area contributed by atoms with Crippen molar-refractivity contribution in [1.29, 1.82) is 0 Å². The Morgan fingerprint density at radius 2 is 1.88 bits per heavy atom. The predicted octanol–water partition coefficient (Wildman–Crippen LogP) is 1.91. The average Bonchev–Trinajstić information content (AvgIpc) is 2.29. The summed E-state index contributed by atoms with van der Waals surface area (Å²) >= 11 is 3.24. The van der Waals surface area contributed by atoms with Gasteiger partial charge in [-0.25, -0.2) is 0 Å². The number of halogens is 1. The molecule has 0 spiro atoms. The van der Waals surface area contributed by atoms with Gasteiger partial charge in [-0.05, 0) is 19.1 Å². The summed E-state index contributed by atoms with van der Waals surface area (Å²) in [5.74, 6) is 0.537. The zero-order chi connectivity index (χ0) is 12.4. The van der Waals surface area contributed by atoms with Gasteiger partial charge in [-0.15, -0.1) is 20.4 Å². The maximum atomic E-state index is 10.9. The monoisotopic (exact) mass is 295 g/mol. The summed E-state index contributed by atoms with van der Waals surface area (Å²) in [6.45, 7) is 1.64. The van der Waals surface area contributed by atoms with Crippen molar-refractivity contribution in [3.8, 4) is 11.4 Å². The van der Waals surface area contributed by atoms with Gasteiger partial charge in [0, 0.05) is 10.5 Å². The quantitative estimate of drug-likeness (QED) is 0.620. The Hall–Kier alpha value is -1.96. The number of rotatable bonds is 2. The summed E-state index contributed by atoms with van der Waals surface area (Å²) in [7, 11) is 0. The SMILES string of the molecule is Cc1nnc(-c2cc(Br)ccc2[N+](=O)[O-])nn1. The summed E-state index contributed by atoms with van der Waals surface area (Å²) in [6.07, 6.45) is 0. The van der Waals surface area contributed by atoms with E-state index in [1.165, 1.54) is 6.07 Å². The van der Waals surface area contributed by atoms with Gasteiger partial charge in [0.25, 0.3) is 5.69 Å². The first-order valence-electron chi connectivity index (χ1n) is 4.56. The first-order chi connectivity index (χ1) is 8.08. The molecule has 0 amide bonds. The number of nitro benzene ring substituents is 1. The Morgan fingerprint density at radius 3 is 2.47 bits per heavy atom. The van der Waals surface area contributed by atoms with Gasteiger partial charge < -0.3 is 0 Å². The highest BCUT2D eigenvalue weighted by Gasteiger charge is 2.18. The second-order valence-electron chi connectivity index (χ2n) is 3.19. The number of aryl methyl sites for hydroxylation is 1. The van der Waals surface area contributed by atoms with Crippen LogP contribution >= 0.6 is 15.9 Å². The maximum Gasteiger partial charge on any atom is 0.280 e. The number of nitrogens with zero attached hydrogens (tertiary/aromatic N) is 5. The van der Waals surface area contributed by atoms with Crippen LogP contribution < -0.4 is 0 Å². The fourth-order valence-corrected chi connectivity index (χ4v) is 1.59. The highest BCUT2D eigenvalue weighted by molar-refractivity contribution is 9.10. The van der Waals surface area contributed by atoms with Crippen molar-refractivity contribution in [2.75, 3.05) is 0 Å². The molecule has 0 saturated heterocycles. The molecule has 0 N–H and O–H groups in total. The molecule has 0 bridgehead atoms. The molecule has 0 fully saturated rings. The van der Waals surface area contributed by atoms with Crippen molar-refractivity contribution >= 4 is 21.6 Å². The minimum Gasteiger partial charge on any atom is -0.258 e. The van der Waals surface area contributed by atoms with Crippen LogP contribution in [-0.4, -0.2) is 25.3 Å². The molecule has 0 unspecified atom stereocenters. The standard InChI is InChI=1S/C9H6BrN5O2/c1-5-11-13-9(14-12-5)7-4-6(10)2-3-8(7)15(16)17/h2-4H,1H3. The molecule has 2 aromatic rings. The van der Waals surface area contributed by atoms with Crippen LogP contribution in [0.15, 0.2) is 22.7 Å². The number of hydrogen-bond donors (Lipinski definition) is 0. The number of hydrogen-bond acceptors (Lipinski definition) is 6. The molecule has 1 heterocycles. The van der Waals surface area contributed by atoms with Crippen molar-refractivity contribution in [2.24, 2.45) is 0 Å². The third-order valence-corrected chi connectivity index (χ3v) is 2.47. The molecule has 0 aliphatic carbocycles. The molecule has 0 aliphatic heterocycles. The van der Waals surface area contributed by atoms with Gasteiger partial charge in [0.2, 0.25) is 5.82 Å². The highest BCUT2D eigenvalue weighted by atomic mass is 79.9. The van der Waals surface area contributed by atoms with E-state index >= 15 is 0 Å². The topological polar surface area (TPSA) is 94.7 Å². The summed E-state index contributed by atoms with van der Waals surface area (Å²) in [6, 6.07) is 4.52. The van der Waals surface area contributed by atoms with E-state index in [4.69, 9.17) is 0 Å². The zero-order valence-corrected chi connectivity index (χ0v) is 10.2. The van der Waals surface area contributed by atoms with Crippen molar-refractivity contribution in [3.63, 3.8) is 0 Å². The van der Waals surface area contributed by atoms with Crippen molar-refractivity contribution in [1.82, 2.24) is 20.4 Å².